The predicted molar refractivity (Wildman–Crippen MR) is 83.0 cm³/mol. The molecule has 1 N–H and O–H groups in total. The molecule has 0 aliphatic carbocycles. The number of nitrogens with one attached hydrogen (secondary N) is 1. The van der Waals surface area contributed by atoms with Crippen molar-refractivity contribution in [3.05, 3.63) is 64.1 Å². The lowest BCUT2D eigenvalue weighted by Gasteiger charge is -2.04. The van der Waals surface area contributed by atoms with Gasteiger partial charge in [-0.3, -0.25) is 4.79 Å². The van der Waals surface area contributed by atoms with Crippen LogP contribution in [0.15, 0.2) is 51.4 Å². The van der Waals surface area contributed by atoms with Crippen LogP contribution in [0, 0.1) is 12.7 Å². The van der Waals surface area contributed by atoms with E-state index in [9.17, 15) is 9.18 Å². The van der Waals surface area contributed by atoms with E-state index in [1.165, 1.54) is 12.1 Å². The van der Waals surface area contributed by atoms with Crippen molar-refractivity contribution >= 4 is 38.5 Å². The summed E-state index contributed by atoms with van der Waals surface area (Å²) in [6.45, 7) is 1.90. The second-order valence-corrected chi connectivity index (χ2v) is 5.60. The zero-order valence-electron chi connectivity index (χ0n) is 11.1. The molecule has 3 nitrogen and oxygen atoms in total. The molecule has 3 aromatic rings. The molecule has 106 valence electrons. The van der Waals surface area contributed by atoms with Gasteiger partial charge < -0.3 is 9.73 Å². The van der Waals surface area contributed by atoms with Crippen molar-refractivity contribution < 1.29 is 13.6 Å². The first-order valence-corrected chi connectivity index (χ1v) is 7.09. The summed E-state index contributed by atoms with van der Waals surface area (Å²) in [6, 6.07) is 11.7. The number of rotatable bonds is 2. The molecule has 0 radical (unpaired) electrons. The van der Waals surface area contributed by atoms with Crippen molar-refractivity contribution in [1.82, 2.24) is 0 Å². The molecule has 0 aliphatic heterocycles. The summed E-state index contributed by atoms with van der Waals surface area (Å²) in [5.41, 5.74) is 1.72. The average Bonchev–Trinajstić information content (AvgIpc) is 2.87. The maximum atomic E-state index is 13.7. The monoisotopic (exact) mass is 347 g/mol. The van der Waals surface area contributed by atoms with Crippen molar-refractivity contribution in [1.29, 1.82) is 0 Å². The number of aryl methyl sites for hydroxylation is 1. The van der Waals surface area contributed by atoms with Crippen molar-refractivity contribution in [2.75, 3.05) is 5.32 Å². The lowest BCUT2D eigenvalue weighted by molar-refractivity contribution is 0.0998. The fraction of sp³-hybridized carbons (Fsp3) is 0.0625. The Kier molecular flexibility index (Phi) is 3.51. The number of furan rings is 1. The van der Waals surface area contributed by atoms with Gasteiger partial charge in [-0.25, -0.2) is 4.39 Å². The zero-order valence-corrected chi connectivity index (χ0v) is 12.7. The van der Waals surface area contributed by atoms with Crippen LogP contribution >= 0.6 is 15.9 Å². The predicted octanol–water partition coefficient (Wildman–Crippen LogP) is 4.90. The summed E-state index contributed by atoms with van der Waals surface area (Å²) in [5, 5.41) is 3.35. The van der Waals surface area contributed by atoms with E-state index in [4.69, 9.17) is 4.42 Å². The van der Waals surface area contributed by atoms with Crippen LogP contribution in [-0.4, -0.2) is 5.91 Å². The Labute approximate surface area is 128 Å². The molecule has 3 rings (SSSR count). The normalized spacial score (nSPS) is 10.8. The minimum atomic E-state index is -0.509. The maximum absolute atomic E-state index is 13.7. The standard InChI is InChI=1S/C16H11BrFNO2/c1-9-3-2-4-10-7-14(21-15(9)10)16(20)19-13-6-5-11(17)8-12(13)18/h2-8H,1H3,(H,19,20). The molecule has 0 spiro atoms. The zero-order chi connectivity index (χ0) is 15.0. The number of anilines is 1. The molecular weight excluding hydrogens is 337 g/mol. The number of halogens is 2. The van der Waals surface area contributed by atoms with Gasteiger partial charge in [-0.05, 0) is 36.8 Å². The molecule has 21 heavy (non-hydrogen) atoms. The van der Waals surface area contributed by atoms with Gasteiger partial charge in [0, 0.05) is 9.86 Å². The van der Waals surface area contributed by atoms with Crippen LogP contribution in [0.1, 0.15) is 16.1 Å². The second kappa shape index (κ2) is 5.33. The molecule has 2 aromatic carbocycles. The van der Waals surface area contributed by atoms with E-state index < -0.39 is 11.7 Å². The third-order valence-electron chi connectivity index (χ3n) is 3.14. The van der Waals surface area contributed by atoms with Crippen molar-refractivity contribution in [3.8, 4) is 0 Å². The number of carbonyl (C=O) groups is 1. The Balaban J connectivity index is 1.92. The van der Waals surface area contributed by atoms with Crippen molar-refractivity contribution in [3.63, 3.8) is 0 Å². The summed E-state index contributed by atoms with van der Waals surface area (Å²) in [7, 11) is 0. The number of hydrogen-bond donors (Lipinski definition) is 1. The molecule has 0 saturated heterocycles. The van der Waals surface area contributed by atoms with E-state index in [2.05, 4.69) is 21.2 Å². The quantitative estimate of drug-likeness (QED) is 0.716. The molecule has 0 unspecified atom stereocenters. The number of amides is 1. The molecule has 1 aromatic heterocycles. The van der Waals surface area contributed by atoms with Crippen LogP contribution in [0.5, 0.6) is 0 Å². The highest BCUT2D eigenvalue weighted by atomic mass is 79.9. The van der Waals surface area contributed by atoms with E-state index >= 15 is 0 Å². The van der Waals surface area contributed by atoms with Crippen LogP contribution in [0.25, 0.3) is 11.0 Å². The highest BCUT2D eigenvalue weighted by molar-refractivity contribution is 9.10. The highest BCUT2D eigenvalue weighted by Gasteiger charge is 2.15. The van der Waals surface area contributed by atoms with Gasteiger partial charge in [0.2, 0.25) is 0 Å². The first-order chi connectivity index (χ1) is 10.0. The van der Waals surface area contributed by atoms with Crippen LogP contribution in [0.3, 0.4) is 0 Å². The smallest absolute Gasteiger partial charge is 0.291 e. The maximum Gasteiger partial charge on any atom is 0.291 e. The summed E-state index contributed by atoms with van der Waals surface area (Å²) in [4.78, 5) is 12.1. The molecule has 0 fully saturated rings. The lowest BCUT2D eigenvalue weighted by atomic mass is 10.2. The minimum absolute atomic E-state index is 0.111. The third kappa shape index (κ3) is 2.69. The largest absolute Gasteiger partial charge is 0.451 e. The Morgan fingerprint density at radius 1 is 1.24 bits per heavy atom. The summed E-state index contributed by atoms with van der Waals surface area (Å²) >= 11 is 3.17. The van der Waals surface area contributed by atoms with Crippen molar-refractivity contribution in [2.24, 2.45) is 0 Å². The van der Waals surface area contributed by atoms with Gasteiger partial charge >= 0.3 is 0 Å². The van der Waals surface area contributed by atoms with Gasteiger partial charge in [-0.1, -0.05) is 34.1 Å². The Morgan fingerprint density at radius 3 is 2.76 bits per heavy atom. The van der Waals surface area contributed by atoms with E-state index in [1.54, 1.807) is 12.1 Å². The third-order valence-corrected chi connectivity index (χ3v) is 3.64. The Hall–Kier alpha value is -2.14. The fourth-order valence-electron chi connectivity index (χ4n) is 2.10. The number of para-hydroxylation sites is 1. The summed E-state index contributed by atoms with van der Waals surface area (Å²) in [5.74, 6) is -0.835. The summed E-state index contributed by atoms with van der Waals surface area (Å²) < 4.78 is 19.9. The van der Waals surface area contributed by atoms with Gasteiger partial charge in [0.1, 0.15) is 11.4 Å². The number of hydrogen-bond acceptors (Lipinski definition) is 2. The lowest BCUT2D eigenvalue weighted by Crippen LogP contribution is -2.11. The van der Waals surface area contributed by atoms with Gasteiger partial charge in [0.25, 0.3) is 5.91 Å². The SMILES string of the molecule is Cc1cccc2cc(C(=O)Nc3ccc(Br)cc3F)oc12. The minimum Gasteiger partial charge on any atom is -0.451 e. The van der Waals surface area contributed by atoms with Gasteiger partial charge in [0.05, 0.1) is 5.69 Å². The molecule has 0 atom stereocenters. The van der Waals surface area contributed by atoms with E-state index in [0.717, 1.165) is 10.9 Å². The van der Waals surface area contributed by atoms with Crippen LogP contribution in [0.2, 0.25) is 0 Å². The number of fused-ring (bicyclic) bond motifs is 1. The van der Waals surface area contributed by atoms with E-state index in [0.29, 0.717) is 10.1 Å². The van der Waals surface area contributed by atoms with Crippen LogP contribution < -0.4 is 5.32 Å². The summed E-state index contributed by atoms with van der Waals surface area (Å²) in [6.07, 6.45) is 0. The molecular formula is C16H11BrFNO2. The average molecular weight is 348 g/mol. The Bertz CT molecular complexity index is 841. The van der Waals surface area contributed by atoms with Crippen molar-refractivity contribution in [2.45, 2.75) is 6.92 Å². The molecule has 0 aliphatic rings. The van der Waals surface area contributed by atoms with E-state index in [1.807, 2.05) is 25.1 Å². The first-order valence-electron chi connectivity index (χ1n) is 6.30. The Morgan fingerprint density at radius 2 is 2.05 bits per heavy atom. The van der Waals surface area contributed by atoms with Gasteiger partial charge in [0.15, 0.2) is 5.76 Å². The first kappa shape index (κ1) is 13.8. The number of benzene rings is 2. The molecule has 1 amide bonds. The fourth-order valence-corrected chi connectivity index (χ4v) is 2.43. The second-order valence-electron chi connectivity index (χ2n) is 4.68. The van der Waals surface area contributed by atoms with E-state index in [-0.39, 0.29) is 11.4 Å². The molecule has 0 bridgehead atoms. The topological polar surface area (TPSA) is 42.2 Å². The molecule has 0 saturated carbocycles. The van der Waals surface area contributed by atoms with Gasteiger partial charge in [-0.2, -0.15) is 0 Å². The number of carbonyl (C=O) groups excluding carboxylic acids is 1. The molecule has 1 heterocycles. The van der Waals surface area contributed by atoms with Crippen LogP contribution in [0.4, 0.5) is 10.1 Å². The van der Waals surface area contributed by atoms with Crippen LogP contribution in [-0.2, 0) is 0 Å². The highest BCUT2D eigenvalue weighted by Crippen LogP contribution is 2.24. The molecule has 5 heteroatoms. The van der Waals surface area contributed by atoms with Gasteiger partial charge in [-0.15, -0.1) is 0 Å².